The van der Waals surface area contributed by atoms with Crippen molar-refractivity contribution in [2.75, 3.05) is 6.54 Å². The highest BCUT2D eigenvalue weighted by atomic mass is 32.1. The van der Waals surface area contributed by atoms with E-state index in [-0.39, 0.29) is 35.6 Å². The van der Waals surface area contributed by atoms with Crippen LogP contribution in [0.4, 0.5) is 0 Å². The summed E-state index contributed by atoms with van der Waals surface area (Å²) in [6.45, 7) is 3.46. The lowest BCUT2D eigenvalue weighted by Gasteiger charge is -2.21. The molecule has 0 saturated carbocycles. The number of Topliss-reactive ketones (excluding diaryl/α,β-unsaturated/α-hetero) is 1. The fourth-order valence-electron chi connectivity index (χ4n) is 4.42. The molecule has 4 amide bonds. The number of ketones is 1. The van der Waals surface area contributed by atoms with Crippen LogP contribution in [0, 0.1) is 0 Å². The Morgan fingerprint density at radius 2 is 1.85 bits per heavy atom. The van der Waals surface area contributed by atoms with Gasteiger partial charge in [0.2, 0.25) is 23.6 Å². The molecule has 1 aliphatic rings. The summed E-state index contributed by atoms with van der Waals surface area (Å²) in [4.78, 5) is 68.3. The monoisotopic (exact) mass is 579 g/mol. The van der Waals surface area contributed by atoms with E-state index in [4.69, 9.17) is 4.42 Å². The summed E-state index contributed by atoms with van der Waals surface area (Å²) in [5, 5.41) is 13.0. The third-order valence-corrected chi connectivity index (χ3v) is 7.70. The van der Waals surface area contributed by atoms with Crippen LogP contribution in [0.2, 0.25) is 0 Å². The average molecular weight is 580 g/mol. The highest BCUT2D eigenvalue weighted by molar-refractivity contribution is 7.12. The maximum absolute atomic E-state index is 13.2. The molecule has 4 rings (SSSR count). The van der Waals surface area contributed by atoms with Crippen LogP contribution in [-0.4, -0.2) is 53.0 Å². The number of carbonyl (C=O) groups is 5. The smallest absolute Gasteiger partial charge is 0.273 e. The maximum Gasteiger partial charge on any atom is 0.273 e. The summed E-state index contributed by atoms with van der Waals surface area (Å²) in [6.07, 6.45) is 2.93. The molecule has 0 fully saturated rings. The number of oxazole rings is 1. The van der Waals surface area contributed by atoms with Gasteiger partial charge in [0.15, 0.2) is 11.5 Å². The largest absolute Gasteiger partial charge is 0.446 e. The van der Waals surface area contributed by atoms with Crippen LogP contribution < -0.4 is 21.3 Å². The van der Waals surface area contributed by atoms with Gasteiger partial charge >= 0.3 is 0 Å². The maximum atomic E-state index is 13.2. The molecule has 216 valence electrons. The summed E-state index contributed by atoms with van der Waals surface area (Å²) in [7, 11) is 0. The number of amides is 4. The van der Waals surface area contributed by atoms with Crippen molar-refractivity contribution in [3.05, 3.63) is 75.6 Å². The first kappa shape index (κ1) is 29.7. The van der Waals surface area contributed by atoms with Gasteiger partial charge in [-0.15, -0.1) is 11.3 Å². The molecule has 0 saturated heterocycles. The van der Waals surface area contributed by atoms with Gasteiger partial charge in [0.25, 0.3) is 5.91 Å². The first-order valence-electron chi connectivity index (χ1n) is 13.5. The Morgan fingerprint density at radius 3 is 2.59 bits per heavy atom. The highest BCUT2D eigenvalue weighted by Crippen LogP contribution is 2.17. The molecule has 3 aromatic rings. The topological polar surface area (TPSA) is 160 Å². The van der Waals surface area contributed by atoms with Crippen molar-refractivity contribution in [3.8, 4) is 0 Å². The molecule has 2 aromatic heterocycles. The van der Waals surface area contributed by atoms with E-state index in [1.807, 2.05) is 30.3 Å². The van der Waals surface area contributed by atoms with E-state index in [0.717, 1.165) is 5.56 Å². The number of carbonyl (C=O) groups excluding carboxylic acids is 5. The van der Waals surface area contributed by atoms with Gasteiger partial charge in [-0.3, -0.25) is 24.0 Å². The molecule has 0 aliphatic carbocycles. The van der Waals surface area contributed by atoms with Crippen LogP contribution in [0.15, 0.2) is 52.5 Å². The number of aromatic nitrogens is 1. The van der Waals surface area contributed by atoms with E-state index in [0.29, 0.717) is 42.7 Å². The van der Waals surface area contributed by atoms with Crippen molar-refractivity contribution in [1.29, 1.82) is 0 Å². The second kappa shape index (κ2) is 13.8. The van der Waals surface area contributed by atoms with Gasteiger partial charge < -0.3 is 25.7 Å². The Bertz CT molecular complexity index is 1400. The van der Waals surface area contributed by atoms with Crippen LogP contribution in [0.25, 0.3) is 0 Å². The third-order valence-electron chi connectivity index (χ3n) is 6.62. The Balaban J connectivity index is 1.47. The molecule has 41 heavy (non-hydrogen) atoms. The zero-order valence-corrected chi connectivity index (χ0v) is 23.7. The molecule has 12 heteroatoms. The molecule has 3 heterocycles. The lowest BCUT2D eigenvalue weighted by atomic mass is 10.0. The lowest BCUT2D eigenvalue weighted by molar-refractivity contribution is -0.129. The molecule has 0 unspecified atom stereocenters. The summed E-state index contributed by atoms with van der Waals surface area (Å²) < 4.78 is 5.47. The predicted molar refractivity (Wildman–Crippen MR) is 151 cm³/mol. The normalized spacial score (nSPS) is 20.4. The molecule has 3 atom stereocenters. The number of rotatable bonds is 6. The molecule has 0 radical (unpaired) electrons. The van der Waals surface area contributed by atoms with Crippen molar-refractivity contribution < 1.29 is 28.4 Å². The van der Waals surface area contributed by atoms with Crippen molar-refractivity contribution >= 4 is 40.7 Å². The molecular weight excluding hydrogens is 546 g/mol. The second-order valence-electron chi connectivity index (χ2n) is 9.98. The first-order valence-corrected chi connectivity index (χ1v) is 14.3. The van der Waals surface area contributed by atoms with Crippen LogP contribution >= 0.6 is 11.3 Å². The van der Waals surface area contributed by atoms with Gasteiger partial charge in [-0.05, 0) is 55.7 Å². The number of nitrogens with zero attached hydrogens (tertiary/aromatic N) is 1. The minimum Gasteiger partial charge on any atom is -0.446 e. The number of hydrogen-bond donors (Lipinski definition) is 4. The van der Waals surface area contributed by atoms with Crippen LogP contribution in [-0.2, 0) is 27.2 Å². The Labute approximate surface area is 241 Å². The Morgan fingerprint density at radius 1 is 1.07 bits per heavy atom. The van der Waals surface area contributed by atoms with E-state index in [9.17, 15) is 24.0 Å². The molecule has 1 aromatic carbocycles. The summed E-state index contributed by atoms with van der Waals surface area (Å²) in [5.41, 5.74) is 1.56. The van der Waals surface area contributed by atoms with Gasteiger partial charge in [0.05, 0.1) is 11.3 Å². The Hall–Kier alpha value is -4.32. The Kier molecular flexibility index (Phi) is 10.0. The SMILES string of the molecule is CC(=O)c1cc(CC(=O)N[C@H]2CCCCNC(=O)[C@H](Cc3ccccc3)NC(=O)c3coc(n3)[C@H](C)NC2=O)cs1. The standard InChI is InChI=1S/C29H33N5O6S/c1-17-29-34-23(15-40-29)28(39)33-22(12-19-8-4-3-5-9-19)26(37)30-11-7-6-10-21(27(38)31-17)32-25(36)14-20-13-24(18(2)35)41-16-20/h3-5,8-9,13,15-17,21-22H,6-7,10-12,14H2,1-2H3,(H,30,37)(H,31,38)(H,32,36)(H,33,39)/t17-,21-,22-/m0/s1. The van der Waals surface area contributed by atoms with Crippen LogP contribution in [0.1, 0.15) is 76.3 Å². The fourth-order valence-corrected chi connectivity index (χ4v) is 5.23. The van der Waals surface area contributed by atoms with Gasteiger partial charge in [-0.1, -0.05) is 30.3 Å². The summed E-state index contributed by atoms with van der Waals surface area (Å²) >= 11 is 1.27. The molecule has 1 aliphatic heterocycles. The lowest BCUT2D eigenvalue weighted by Crippen LogP contribution is -2.49. The summed E-state index contributed by atoms with van der Waals surface area (Å²) in [5.74, 6) is -1.66. The minimum absolute atomic E-state index is 0.0235. The number of hydrogen-bond acceptors (Lipinski definition) is 8. The quantitative estimate of drug-likeness (QED) is 0.327. The van der Waals surface area contributed by atoms with E-state index < -0.39 is 29.9 Å². The molecular formula is C29H33N5O6S. The fraction of sp³-hybridized carbons (Fsp3) is 0.379. The first-order chi connectivity index (χ1) is 19.7. The molecule has 4 N–H and O–H groups in total. The zero-order valence-electron chi connectivity index (χ0n) is 22.9. The number of thiophene rings is 1. The second-order valence-corrected chi connectivity index (χ2v) is 10.9. The van der Waals surface area contributed by atoms with E-state index in [1.165, 1.54) is 24.5 Å². The van der Waals surface area contributed by atoms with E-state index >= 15 is 0 Å². The average Bonchev–Trinajstić information content (AvgIpc) is 3.62. The van der Waals surface area contributed by atoms with Crippen molar-refractivity contribution in [1.82, 2.24) is 26.3 Å². The molecule has 11 nitrogen and oxygen atoms in total. The van der Waals surface area contributed by atoms with Gasteiger partial charge in [-0.25, -0.2) is 4.98 Å². The number of benzene rings is 1. The number of nitrogens with one attached hydrogen (secondary N) is 4. The third kappa shape index (κ3) is 8.34. The van der Waals surface area contributed by atoms with Crippen molar-refractivity contribution in [2.45, 2.75) is 64.1 Å². The van der Waals surface area contributed by atoms with Crippen LogP contribution in [0.5, 0.6) is 0 Å². The van der Waals surface area contributed by atoms with E-state index in [1.54, 1.807) is 18.4 Å². The van der Waals surface area contributed by atoms with E-state index in [2.05, 4.69) is 26.3 Å². The predicted octanol–water partition coefficient (Wildman–Crippen LogP) is 2.48. The summed E-state index contributed by atoms with van der Waals surface area (Å²) in [6, 6.07) is 8.68. The molecule has 2 bridgehead atoms. The van der Waals surface area contributed by atoms with Crippen LogP contribution in [0.3, 0.4) is 0 Å². The number of fused-ring (bicyclic) bond motifs is 2. The highest BCUT2D eigenvalue weighted by Gasteiger charge is 2.27. The van der Waals surface area contributed by atoms with Crippen molar-refractivity contribution in [2.24, 2.45) is 0 Å². The van der Waals surface area contributed by atoms with Gasteiger partial charge in [0.1, 0.15) is 24.4 Å². The molecule has 0 spiro atoms. The minimum atomic E-state index is -0.844. The van der Waals surface area contributed by atoms with Gasteiger partial charge in [0, 0.05) is 13.0 Å². The van der Waals surface area contributed by atoms with Crippen molar-refractivity contribution in [3.63, 3.8) is 0 Å². The zero-order chi connectivity index (χ0) is 29.4. The van der Waals surface area contributed by atoms with Gasteiger partial charge in [-0.2, -0.15) is 0 Å².